The second-order valence-corrected chi connectivity index (χ2v) is 4.00. The highest BCUT2D eigenvalue weighted by Crippen LogP contribution is 2.39. The standard InChI is InChI=1S/C11H14O2/c12-9-11(4-1-2-5-11)7-10-3-6-13-8-10/h3,6,8-9H,1-2,4-5,7H2. The van der Waals surface area contributed by atoms with Crippen LogP contribution in [0.4, 0.5) is 0 Å². The number of aldehydes is 1. The van der Waals surface area contributed by atoms with E-state index in [0.29, 0.717) is 0 Å². The largest absolute Gasteiger partial charge is 0.472 e. The molecule has 0 N–H and O–H groups in total. The van der Waals surface area contributed by atoms with Crippen LogP contribution in [-0.4, -0.2) is 6.29 Å². The minimum absolute atomic E-state index is 0.0795. The van der Waals surface area contributed by atoms with Crippen LogP contribution in [0.15, 0.2) is 23.0 Å². The van der Waals surface area contributed by atoms with E-state index in [1.165, 1.54) is 12.8 Å². The van der Waals surface area contributed by atoms with E-state index in [2.05, 4.69) is 0 Å². The molecule has 1 fully saturated rings. The molecule has 1 aromatic rings. The lowest BCUT2D eigenvalue weighted by molar-refractivity contribution is -0.115. The Morgan fingerprint density at radius 3 is 2.77 bits per heavy atom. The molecule has 0 saturated heterocycles. The Bertz CT molecular complexity index is 268. The summed E-state index contributed by atoms with van der Waals surface area (Å²) in [5.41, 5.74) is 1.07. The molecule has 0 aliphatic heterocycles. The molecule has 1 aromatic heterocycles. The van der Waals surface area contributed by atoms with Crippen LogP contribution in [0.5, 0.6) is 0 Å². The van der Waals surface area contributed by atoms with Gasteiger partial charge in [0.2, 0.25) is 0 Å². The second-order valence-electron chi connectivity index (χ2n) is 4.00. The zero-order valence-corrected chi connectivity index (χ0v) is 7.66. The number of rotatable bonds is 3. The van der Waals surface area contributed by atoms with E-state index in [9.17, 15) is 4.79 Å². The summed E-state index contributed by atoms with van der Waals surface area (Å²) in [5.74, 6) is 0. The van der Waals surface area contributed by atoms with Crippen molar-refractivity contribution in [2.24, 2.45) is 5.41 Å². The van der Waals surface area contributed by atoms with Crippen LogP contribution in [0.3, 0.4) is 0 Å². The smallest absolute Gasteiger partial charge is 0.126 e. The number of furan rings is 1. The number of carbonyl (C=O) groups excluding carboxylic acids is 1. The van der Waals surface area contributed by atoms with Crippen molar-refractivity contribution in [3.63, 3.8) is 0 Å². The Labute approximate surface area is 77.9 Å². The predicted molar refractivity (Wildman–Crippen MR) is 49.4 cm³/mol. The van der Waals surface area contributed by atoms with Crippen LogP contribution in [-0.2, 0) is 11.2 Å². The summed E-state index contributed by atoms with van der Waals surface area (Å²) in [5, 5.41) is 0. The molecule has 13 heavy (non-hydrogen) atoms. The third kappa shape index (κ3) is 1.67. The molecular weight excluding hydrogens is 164 g/mol. The molecule has 2 rings (SSSR count). The Morgan fingerprint density at radius 1 is 1.46 bits per heavy atom. The number of carbonyl (C=O) groups is 1. The van der Waals surface area contributed by atoms with Crippen LogP contribution in [0, 0.1) is 5.41 Å². The predicted octanol–water partition coefficient (Wildman–Crippen LogP) is 2.58. The van der Waals surface area contributed by atoms with Crippen LogP contribution >= 0.6 is 0 Å². The summed E-state index contributed by atoms with van der Waals surface area (Å²) in [6.07, 6.45) is 9.88. The molecule has 1 heterocycles. The molecule has 0 atom stereocenters. The highest BCUT2D eigenvalue weighted by molar-refractivity contribution is 5.60. The fraction of sp³-hybridized carbons (Fsp3) is 0.545. The molecule has 0 unspecified atom stereocenters. The van der Waals surface area contributed by atoms with Gasteiger partial charge in [0.1, 0.15) is 6.29 Å². The minimum Gasteiger partial charge on any atom is -0.472 e. The minimum atomic E-state index is -0.0795. The molecule has 0 radical (unpaired) electrons. The fourth-order valence-corrected chi connectivity index (χ4v) is 2.22. The van der Waals surface area contributed by atoms with Gasteiger partial charge in [0.25, 0.3) is 0 Å². The van der Waals surface area contributed by atoms with Gasteiger partial charge in [-0.1, -0.05) is 12.8 Å². The van der Waals surface area contributed by atoms with Gasteiger partial charge < -0.3 is 9.21 Å². The Balaban J connectivity index is 2.10. The number of hydrogen-bond acceptors (Lipinski definition) is 2. The van der Waals surface area contributed by atoms with Gasteiger partial charge in [-0.05, 0) is 30.9 Å². The number of hydrogen-bond donors (Lipinski definition) is 0. The zero-order valence-electron chi connectivity index (χ0n) is 7.66. The van der Waals surface area contributed by atoms with Gasteiger partial charge in [0, 0.05) is 5.41 Å². The summed E-state index contributed by atoms with van der Waals surface area (Å²) in [4.78, 5) is 11.0. The van der Waals surface area contributed by atoms with Crippen molar-refractivity contribution in [1.82, 2.24) is 0 Å². The summed E-state index contributed by atoms with van der Waals surface area (Å²) >= 11 is 0. The fourth-order valence-electron chi connectivity index (χ4n) is 2.22. The van der Waals surface area contributed by atoms with Gasteiger partial charge in [-0.15, -0.1) is 0 Å². The molecule has 2 heteroatoms. The first-order chi connectivity index (χ1) is 6.35. The van der Waals surface area contributed by atoms with Gasteiger partial charge in [-0.25, -0.2) is 0 Å². The van der Waals surface area contributed by atoms with Crippen LogP contribution in [0.25, 0.3) is 0 Å². The third-order valence-corrected chi connectivity index (χ3v) is 2.99. The van der Waals surface area contributed by atoms with E-state index >= 15 is 0 Å². The lowest BCUT2D eigenvalue weighted by Gasteiger charge is -2.20. The van der Waals surface area contributed by atoms with Gasteiger partial charge >= 0.3 is 0 Å². The molecule has 0 amide bonds. The van der Waals surface area contributed by atoms with Crippen molar-refractivity contribution in [2.75, 3.05) is 0 Å². The van der Waals surface area contributed by atoms with Gasteiger partial charge in [0.05, 0.1) is 12.5 Å². The van der Waals surface area contributed by atoms with Gasteiger partial charge in [-0.2, -0.15) is 0 Å². The van der Waals surface area contributed by atoms with Crippen LogP contribution in [0.1, 0.15) is 31.2 Å². The van der Waals surface area contributed by atoms with Crippen LogP contribution in [0.2, 0.25) is 0 Å². The Hall–Kier alpha value is -1.05. The molecule has 0 aromatic carbocycles. The second kappa shape index (κ2) is 3.36. The maximum Gasteiger partial charge on any atom is 0.126 e. The average Bonchev–Trinajstić information content (AvgIpc) is 2.77. The van der Waals surface area contributed by atoms with E-state index in [1.54, 1.807) is 12.5 Å². The normalized spacial score (nSPS) is 20.3. The van der Waals surface area contributed by atoms with Gasteiger partial charge in [-0.3, -0.25) is 0 Å². The van der Waals surface area contributed by atoms with Crippen molar-refractivity contribution in [2.45, 2.75) is 32.1 Å². The average molecular weight is 178 g/mol. The van der Waals surface area contributed by atoms with E-state index in [1.807, 2.05) is 6.07 Å². The molecule has 0 spiro atoms. The third-order valence-electron chi connectivity index (χ3n) is 2.99. The van der Waals surface area contributed by atoms with E-state index in [0.717, 1.165) is 31.1 Å². The monoisotopic (exact) mass is 178 g/mol. The van der Waals surface area contributed by atoms with Gasteiger partial charge in [0.15, 0.2) is 0 Å². The van der Waals surface area contributed by atoms with E-state index in [4.69, 9.17) is 4.42 Å². The molecule has 2 nitrogen and oxygen atoms in total. The summed E-state index contributed by atoms with van der Waals surface area (Å²) in [6, 6.07) is 1.95. The zero-order chi connectivity index (χ0) is 9.15. The summed E-state index contributed by atoms with van der Waals surface area (Å²) in [6.45, 7) is 0. The van der Waals surface area contributed by atoms with Crippen molar-refractivity contribution >= 4 is 6.29 Å². The van der Waals surface area contributed by atoms with E-state index in [-0.39, 0.29) is 5.41 Å². The highest BCUT2D eigenvalue weighted by atomic mass is 16.3. The van der Waals surface area contributed by atoms with Crippen molar-refractivity contribution in [3.8, 4) is 0 Å². The molecule has 0 bridgehead atoms. The lowest BCUT2D eigenvalue weighted by atomic mass is 9.82. The topological polar surface area (TPSA) is 30.2 Å². The SMILES string of the molecule is O=CC1(Cc2ccoc2)CCCC1. The highest BCUT2D eigenvalue weighted by Gasteiger charge is 2.33. The molecule has 1 saturated carbocycles. The molecule has 1 aliphatic rings. The lowest BCUT2D eigenvalue weighted by Crippen LogP contribution is -2.20. The van der Waals surface area contributed by atoms with Crippen molar-refractivity contribution in [3.05, 3.63) is 24.2 Å². The van der Waals surface area contributed by atoms with E-state index < -0.39 is 0 Å². The summed E-state index contributed by atoms with van der Waals surface area (Å²) < 4.78 is 5.00. The Kier molecular flexibility index (Phi) is 2.21. The first-order valence-corrected chi connectivity index (χ1v) is 4.82. The maximum absolute atomic E-state index is 11.0. The quantitative estimate of drug-likeness (QED) is 0.666. The first-order valence-electron chi connectivity index (χ1n) is 4.82. The molecule has 1 aliphatic carbocycles. The van der Waals surface area contributed by atoms with Crippen LogP contribution < -0.4 is 0 Å². The van der Waals surface area contributed by atoms with Crippen molar-refractivity contribution < 1.29 is 9.21 Å². The Morgan fingerprint density at radius 2 is 2.23 bits per heavy atom. The first kappa shape index (κ1) is 8.54. The molecule has 70 valence electrons. The molecular formula is C11H14O2. The summed E-state index contributed by atoms with van der Waals surface area (Å²) in [7, 11) is 0. The van der Waals surface area contributed by atoms with Crippen molar-refractivity contribution in [1.29, 1.82) is 0 Å². The maximum atomic E-state index is 11.0.